The van der Waals surface area contributed by atoms with Crippen molar-refractivity contribution in [1.82, 2.24) is 0 Å². The molecular formula is C21H18N2. The predicted molar refractivity (Wildman–Crippen MR) is 97.8 cm³/mol. The molecule has 1 heterocycles. The number of benzene rings is 3. The Balaban J connectivity index is 1.90. The van der Waals surface area contributed by atoms with Crippen molar-refractivity contribution >= 4 is 23.1 Å². The van der Waals surface area contributed by atoms with E-state index in [1.54, 1.807) is 0 Å². The van der Waals surface area contributed by atoms with Gasteiger partial charge in [0.1, 0.15) is 0 Å². The average molecular weight is 298 g/mol. The summed E-state index contributed by atoms with van der Waals surface area (Å²) in [6.07, 6.45) is 4.42. The maximum Gasteiger partial charge on any atom is 0.0705 e. The fourth-order valence-corrected chi connectivity index (χ4v) is 2.98. The van der Waals surface area contributed by atoms with Gasteiger partial charge in [0.15, 0.2) is 0 Å². The van der Waals surface area contributed by atoms with Crippen LogP contribution in [0.15, 0.2) is 91.0 Å². The number of hydrogen-bond donors (Lipinski definition) is 0. The molecule has 0 saturated carbocycles. The van der Waals surface area contributed by atoms with Gasteiger partial charge in [-0.2, -0.15) is 0 Å². The fraction of sp³-hybridized carbons (Fsp3) is 0.0476. The molecule has 1 aliphatic rings. The van der Waals surface area contributed by atoms with Gasteiger partial charge in [0.2, 0.25) is 0 Å². The molecule has 2 heteroatoms. The standard InChI is InChI=1S/C21H18N2/c1-3-12-19(13-4-1)22-17-9-11-18-10-7-8-16-21(18)23(22)20-14-5-2-6-15-20/h1-16H,17H2. The number of fused-ring (bicyclic) bond motifs is 1. The van der Waals surface area contributed by atoms with Gasteiger partial charge in [-0.05, 0) is 35.9 Å². The van der Waals surface area contributed by atoms with E-state index < -0.39 is 0 Å². The summed E-state index contributed by atoms with van der Waals surface area (Å²) in [4.78, 5) is 0. The van der Waals surface area contributed by atoms with Crippen LogP contribution in [0.1, 0.15) is 5.56 Å². The Kier molecular flexibility index (Phi) is 3.57. The minimum Gasteiger partial charge on any atom is -0.277 e. The highest BCUT2D eigenvalue weighted by molar-refractivity contribution is 5.79. The van der Waals surface area contributed by atoms with E-state index in [4.69, 9.17) is 0 Å². The van der Waals surface area contributed by atoms with E-state index in [9.17, 15) is 0 Å². The van der Waals surface area contributed by atoms with Crippen LogP contribution in [-0.2, 0) is 0 Å². The molecule has 0 saturated heterocycles. The molecule has 0 unspecified atom stereocenters. The largest absolute Gasteiger partial charge is 0.277 e. The lowest BCUT2D eigenvalue weighted by molar-refractivity contribution is 0.887. The van der Waals surface area contributed by atoms with Crippen LogP contribution in [0.3, 0.4) is 0 Å². The van der Waals surface area contributed by atoms with Crippen LogP contribution in [0.25, 0.3) is 6.08 Å². The first-order valence-corrected chi connectivity index (χ1v) is 7.87. The van der Waals surface area contributed by atoms with Gasteiger partial charge in [-0.1, -0.05) is 66.7 Å². The Morgan fingerprint density at radius 3 is 1.96 bits per heavy atom. The molecule has 0 spiro atoms. The van der Waals surface area contributed by atoms with Crippen LogP contribution in [0.5, 0.6) is 0 Å². The Morgan fingerprint density at radius 1 is 0.609 bits per heavy atom. The summed E-state index contributed by atoms with van der Waals surface area (Å²) in [5.41, 5.74) is 4.76. The zero-order valence-electron chi connectivity index (χ0n) is 12.8. The molecule has 3 aromatic carbocycles. The van der Waals surface area contributed by atoms with Gasteiger partial charge in [-0.15, -0.1) is 0 Å². The second-order valence-electron chi connectivity index (χ2n) is 5.53. The van der Waals surface area contributed by atoms with Gasteiger partial charge in [-0.3, -0.25) is 10.0 Å². The molecule has 0 atom stereocenters. The maximum absolute atomic E-state index is 2.30. The third-order valence-corrected chi connectivity index (χ3v) is 4.04. The molecule has 23 heavy (non-hydrogen) atoms. The Morgan fingerprint density at radius 2 is 1.22 bits per heavy atom. The number of nitrogens with zero attached hydrogens (tertiary/aromatic N) is 2. The second-order valence-corrected chi connectivity index (χ2v) is 5.53. The average Bonchev–Trinajstić information content (AvgIpc) is 2.83. The highest BCUT2D eigenvalue weighted by atomic mass is 15.6. The lowest BCUT2D eigenvalue weighted by atomic mass is 10.1. The predicted octanol–water partition coefficient (Wildman–Crippen LogP) is 5.27. The van der Waals surface area contributed by atoms with Gasteiger partial charge in [0.05, 0.1) is 23.6 Å². The molecule has 0 radical (unpaired) electrons. The van der Waals surface area contributed by atoms with Crippen LogP contribution in [-0.4, -0.2) is 6.54 Å². The van der Waals surface area contributed by atoms with E-state index in [0.717, 1.165) is 12.2 Å². The van der Waals surface area contributed by atoms with Crippen LogP contribution in [0, 0.1) is 0 Å². The minimum atomic E-state index is 0.827. The number of hydrazine groups is 1. The first-order chi connectivity index (χ1) is 11.4. The first-order valence-electron chi connectivity index (χ1n) is 7.87. The summed E-state index contributed by atoms with van der Waals surface area (Å²) in [6, 6.07) is 29.6. The van der Waals surface area contributed by atoms with Crippen molar-refractivity contribution in [2.24, 2.45) is 0 Å². The summed E-state index contributed by atoms with van der Waals surface area (Å²) >= 11 is 0. The summed E-state index contributed by atoms with van der Waals surface area (Å²) < 4.78 is 0. The van der Waals surface area contributed by atoms with Crippen molar-refractivity contribution in [3.8, 4) is 0 Å². The van der Waals surface area contributed by atoms with Crippen molar-refractivity contribution in [2.45, 2.75) is 0 Å². The molecule has 1 aliphatic heterocycles. The Bertz CT molecular complexity index is 810. The molecule has 0 aromatic heterocycles. The number of anilines is 3. The summed E-state index contributed by atoms with van der Waals surface area (Å²) in [5.74, 6) is 0. The smallest absolute Gasteiger partial charge is 0.0705 e. The maximum atomic E-state index is 2.30. The molecule has 3 aromatic rings. The molecule has 0 N–H and O–H groups in total. The SMILES string of the molecule is C1=Cc2ccccc2N(c2ccccc2)N(c2ccccc2)C1. The first kappa shape index (κ1) is 13.6. The quantitative estimate of drug-likeness (QED) is 0.635. The molecule has 0 bridgehead atoms. The van der Waals surface area contributed by atoms with Crippen LogP contribution >= 0.6 is 0 Å². The van der Waals surface area contributed by atoms with Gasteiger partial charge in [0.25, 0.3) is 0 Å². The van der Waals surface area contributed by atoms with Crippen molar-refractivity contribution < 1.29 is 0 Å². The van der Waals surface area contributed by atoms with Crippen LogP contribution in [0.4, 0.5) is 17.1 Å². The fourth-order valence-electron chi connectivity index (χ4n) is 2.98. The zero-order valence-corrected chi connectivity index (χ0v) is 12.8. The van der Waals surface area contributed by atoms with Gasteiger partial charge in [-0.25, -0.2) is 0 Å². The molecular weight excluding hydrogens is 280 g/mol. The van der Waals surface area contributed by atoms with E-state index in [1.165, 1.54) is 16.9 Å². The second kappa shape index (κ2) is 6.01. The number of rotatable bonds is 2. The lowest BCUT2D eigenvalue weighted by Crippen LogP contribution is -2.39. The van der Waals surface area contributed by atoms with Crippen LogP contribution < -0.4 is 10.0 Å². The van der Waals surface area contributed by atoms with E-state index in [2.05, 4.69) is 107 Å². The highest BCUT2D eigenvalue weighted by Crippen LogP contribution is 2.35. The van der Waals surface area contributed by atoms with Gasteiger partial charge in [0, 0.05) is 0 Å². The topological polar surface area (TPSA) is 6.48 Å². The summed E-state index contributed by atoms with van der Waals surface area (Å²) in [7, 11) is 0. The Hall–Kier alpha value is -3.00. The molecule has 2 nitrogen and oxygen atoms in total. The van der Waals surface area contributed by atoms with Crippen molar-refractivity contribution in [3.63, 3.8) is 0 Å². The molecule has 0 aliphatic carbocycles. The Labute approximate surface area is 136 Å². The zero-order chi connectivity index (χ0) is 15.5. The number of hydrogen-bond acceptors (Lipinski definition) is 2. The third kappa shape index (κ3) is 2.59. The van der Waals surface area contributed by atoms with E-state index >= 15 is 0 Å². The molecule has 0 fully saturated rings. The summed E-state index contributed by atoms with van der Waals surface area (Å²) in [5, 5.41) is 4.60. The van der Waals surface area contributed by atoms with E-state index in [0.29, 0.717) is 0 Å². The van der Waals surface area contributed by atoms with Crippen molar-refractivity contribution in [2.75, 3.05) is 16.6 Å². The number of para-hydroxylation sites is 3. The molecule has 4 rings (SSSR count). The lowest BCUT2D eigenvalue weighted by Gasteiger charge is -2.37. The van der Waals surface area contributed by atoms with E-state index in [-0.39, 0.29) is 0 Å². The minimum absolute atomic E-state index is 0.827. The third-order valence-electron chi connectivity index (χ3n) is 4.04. The van der Waals surface area contributed by atoms with Crippen molar-refractivity contribution in [3.05, 3.63) is 96.6 Å². The van der Waals surface area contributed by atoms with E-state index in [1.807, 2.05) is 0 Å². The molecule has 112 valence electrons. The van der Waals surface area contributed by atoms with Crippen molar-refractivity contribution in [1.29, 1.82) is 0 Å². The monoisotopic (exact) mass is 298 g/mol. The highest BCUT2D eigenvalue weighted by Gasteiger charge is 2.21. The van der Waals surface area contributed by atoms with Gasteiger partial charge < -0.3 is 0 Å². The molecule has 0 amide bonds. The van der Waals surface area contributed by atoms with Gasteiger partial charge >= 0.3 is 0 Å². The van der Waals surface area contributed by atoms with Crippen LogP contribution in [0.2, 0.25) is 0 Å². The normalized spacial score (nSPS) is 13.6. The summed E-state index contributed by atoms with van der Waals surface area (Å²) in [6.45, 7) is 0.827.